The van der Waals surface area contributed by atoms with Crippen molar-refractivity contribution in [3.05, 3.63) is 18.2 Å². The number of aromatic nitrogens is 1. The molecule has 0 amide bonds. The number of nitrogens with zero attached hydrogens (tertiary/aromatic N) is 2. The number of anilines is 2. The molecule has 0 saturated carbocycles. The molecule has 1 aliphatic rings. The number of nitrogen functional groups attached to an aromatic ring is 1. The number of pyridine rings is 1. The van der Waals surface area contributed by atoms with E-state index in [2.05, 4.69) is 23.7 Å². The molecule has 0 aliphatic carbocycles. The van der Waals surface area contributed by atoms with Crippen molar-refractivity contribution >= 4 is 11.6 Å². The topological polar surface area (TPSA) is 42.1 Å². The summed E-state index contributed by atoms with van der Waals surface area (Å²) < 4.78 is 0. The molecule has 3 nitrogen and oxygen atoms in total. The van der Waals surface area contributed by atoms with Crippen LogP contribution >= 0.6 is 0 Å². The number of hydrogen-bond acceptors (Lipinski definition) is 3. The summed E-state index contributed by atoms with van der Waals surface area (Å²) in [6.45, 7) is 5.68. The number of rotatable bonds is 1. The Morgan fingerprint density at radius 3 is 2.87 bits per heavy atom. The average Bonchev–Trinajstić information content (AvgIpc) is 2.17. The lowest BCUT2D eigenvalue weighted by Crippen LogP contribution is -2.40. The van der Waals surface area contributed by atoms with Crippen molar-refractivity contribution in [1.29, 1.82) is 0 Å². The molecule has 1 aromatic heterocycles. The predicted molar refractivity (Wildman–Crippen MR) is 63.9 cm³/mol. The summed E-state index contributed by atoms with van der Waals surface area (Å²) >= 11 is 0. The normalized spacial score (nSPS) is 26.7. The highest BCUT2D eigenvalue weighted by Gasteiger charge is 2.23. The van der Waals surface area contributed by atoms with E-state index in [1.807, 2.05) is 18.2 Å². The van der Waals surface area contributed by atoms with Crippen molar-refractivity contribution in [2.24, 2.45) is 5.92 Å². The Morgan fingerprint density at radius 1 is 1.40 bits per heavy atom. The molecule has 2 N–H and O–H groups in total. The van der Waals surface area contributed by atoms with E-state index in [0.29, 0.717) is 11.9 Å². The van der Waals surface area contributed by atoms with Gasteiger partial charge in [0.2, 0.25) is 0 Å². The molecule has 2 heterocycles. The molecule has 15 heavy (non-hydrogen) atoms. The zero-order valence-electron chi connectivity index (χ0n) is 9.48. The highest BCUT2D eigenvalue weighted by molar-refractivity contribution is 5.45. The summed E-state index contributed by atoms with van der Waals surface area (Å²) in [4.78, 5) is 6.73. The van der Waals surface area contributed by atoms with E-state index in [1.54, 1.807) is 0 Å². The van der Waals surface area contributed by atoms with Gasteiger partial charge in [0.25, 0.3) is 0 Å². The second-order valence-electron chi connectivity index (χ2n) is 4.59. The van der Waals surface area contributed by atoms with Crippen LogP contribution in [0.15, 0.2) is 18.2 Å². The van der Waals surface area contributed by atoms with Crippen LogP contribution < -0.4 is 10.6 Å². The molecule has 82 valence electrons. The molecular weight excluding hydrogens is 186 g/mol. The van der Waals surface area contributed by atoms with Gasteiger partial charge in [0.05, 0.1) is 0 Å². The molecule has 1 fully saturated rings. The Balaban J connectivity index is 2.17. The molecule has 2 unspecified atom stereocenters. The second kappa shape index (κ2) is 4.09. The summed E-state index contributed by atoms with van der Waals surface area (Å²) in [5.41, 5.74) is 5.70. The molecule has 0 bridgehead atoms. The van der Waals surface area contributed by atoms with Crippen LogP contribution in [0, 0.1) is 5.92 Å². The van der Waals surface area contributed by atoms with Crippen LogP contribution in [0.5, 0.6) is 0 Å². The third kappa shape index (κ3) is 2.22. The maximum absolute atomic E-state index is 5.70. The highest BCUT2D eigenvalue weighted by Crippen LogP contribution is 2.26. The van der Waals surface area contributed by atoms with E-state index >= 15 is 0 Å². The summed E-state index contributed by atoms with van der Waals surface area (Å²) in [5, 5.41) is 0. The van der Waals surface area contributed by atoms with Gasteiger partial charge in [0.1, 0.15) is 11.6 Å². The minimum absolute atomic E-state index is 0.572. The standard InChI is InChI=1S/C12H19N3/c1-9-6-7-15(10(2)8-9)12-5-3-4-11(13)14-12/h3-5,9-10H,6-8H2,1-2H3,(H2,13,14). The molecule has 1 saturated heterocycles. The lowest BCUT2D eigenvalue weighted by molar-refractivity contribution is 0.376. The van der Waals surface area contributed by atoms with Crippen LogP contribution in [0.4, 0.5) is 11.6 Å². The maximum Gasteiger partial charge on any atom is 0.131 e. The molecule has 0 aromatic carbocycles. The van der Waals surface area contributed by atoms with Crippen molar-refractivity contribution in [1.82, 2.24) is 4.98 Å². The highest BCUT2D eigenvalue weighted by atomic mass is 15.2. The van der Waals surface area contributed by atoms with E-state index in [9.17, 15) is 0 Å². The summed E-state index contributed by atoms with van der Waals surface area (Å²) in [6, 6.07) is 6.43. The Morgan fingerprint density at radius 2 is 2.20 bits per heavy atom. The largest absolute Gasteiger partial charge is 0.384 e. The van der Waals surface area contributed by atoms with Gasteiger partial charge in [-0.3, -0.25) is 0 Å². The zero-order valence-corrected chi connectivity index (χ0v) is 9.48. The molecule has 2 rings (SSSR count). The maximum atomic E-state index is 5.70. The van der Waals surface area contributed by atoms with Crippen LogP contribution in [0.1, 0.15) is 26.7 Å². The minimum Gasteiger partial charge on any atom is -0.384 e. The van der Waals surface area contributed by atoms with Crippen molar-refractivity contribution in [3.63, 3.8) is 0 Å². The number of hydrogen-bond donors (Lipinski definition) is 1. The summed E-state index contributed by atoms with van der Waals surface area (Å²) in [7, 11) is 0. The Hall–Kier alpha value is -1.25. The van der Waals surface area contributed by atoms with Gasteiger partial charge in [-0.25, -0.2) is 4.98 Å². The van der Waals surface area contributed by atoms with Crippen molar-refractivity contribution < 1.29 is 0 Å². The van der Waals surface area contributed by atoms with Crippen LogP contribution in [0.25, 0.3) is 0 Å². The summed E-state index contributed by atoms with van der Waals surface area (Å²) in [5.74, 6) is 2.46. The van der Waals surface area contributed by atoms with Crippen molar-refractivity contribution in [2.75, 3.05) is 17.2 Å². The van der Waals surface area contributed by atoms with Gasteiger partial charge in [0.15, 0.2) is 0 Å². The second-order valence-corrected chi connectivity index (χ2v) is 4.59. The quantitative estimate of drug-likeness (QED) is 0.765. The first kappa shape index (κ1) is 10.3. The molecule has 0 spiro atoms. The number of piperidine rings is 1. The third-order valence-electron chi connectivity index (χ3n) is 3.19. The Bertz CT molecular complexity index is 337. The van der Waals surface area contributed by atoms with Crippen LogP contribution in [-0.4, -0.2) is 17.6 Å². The van der Waals surface area contributed by atoms with E-state index in [-0.39, 0.29) is 0 Å². The smallest absolute Gasteiger partial charge is 0.131 e. The average molecular weight is 205 g/mol. The van der Waals surface area contributed by atoms with Gasteiger partial charge in [-0.1, -0.05) is 13.0 Å². The van der Waals surface area contributed by atoms with Gasteiger partial charge in [-0.15, -0.1) is 0 Å². The molecule has 1 aromatic rings. The van der Waals surface area contributed by atoms with E-state index in [1.165, 1.54) is 12.8 Å². The molecule has 0 radical (unpaired) electrons. The zero-order chi connectivity index (χ0) is 10.8. The van der Waals surface area contributed by atoms with Gasteiger partial charge in [0, 0.05) is 12.6 Å². The monoisotopic (exact) mass is 205 g/mol. The Kier molecular flexibility index (Phi) is 2.80. The van der Waals surface area contributed by atoms with E-state index in [4.69, 9.17) is 5.73 Å². The van der Waals surface area contributed by atoms with E-state index in [0.717, 1.165) is 18.3 Å². The van der Waals surface area contributed by atoms with Crippen molar-refractivity contribution in [3.8, 4) is 0 Å². The molecule has 2 atom stereocenters. The van der Waals surface area contributed by atoms with Crippen LogP contribution in [0.3, 0.4) is 0 Å². The number of nitrogens with two attached hydrogens (primary N) is 1. The van der Waals surface area contributed by atoms with E-state index < -0.39 is 0 Å². The lowest BCUT2D eigenvalue weighted by atomic mass is 9.93. The molecule has 1 aliphatic heterocycles. The fourth-order valence-corrected chi connectivity index (χ4v) is 2.35. The molecule has 3 heteroatoms. The predicted octanol–water partition coefficient (Wildman–Crippen LogP) is 2.29. The van der Waals surface area contributed by atoms with Gasteiger partial charge in [-0.05, 0) is 37.8 Å². The van der Waals surface area contributed by atoms with Gasteiger partial charge >= 0.3 is 0 Å². The fourth-order valence-electron chi connectivity index (χ4n) is 2.35. The minimum atomic E-state index is 0.572. The van der Waals surface area contributed by atoms with Gasteiger partial charge < -0.3 is 10.6 Å². The molecular formula is C12H19N3. The first-order valence-electron chi connectivity index (χ1n) is 5.66. The third-order valence-corrected chi connectivity index (χ3v) is 3.19. The first-order valence-corrected chi connectivity index (χ1v) is 5.66. The summed E-state index contributed by atoms with van der Waals surface area (Å²) in [6.07, 6.45) is 2.50. The SMILES string of the molecule is CC1CCN(c2cccc(N)n2)C(C)C1. The first-order chi connectivity index (χ1) is 7.16. The Labute approximate surface area is 91.3 Å². The van der Waals surface area contributed by atoms with Crippen LogP contribution in [0.2, 0.25) is 0 Å². The van der Waals surface area contributed by atoms with Crippen molar-refractivity contribution in [2.45, 2.75) is 32.7 Å². The van der Waals surface area contributed by atoms with Crippen LogP contribution in [-0.2, 0) is 0 Å². The fraction of sp³-hybridized carbons (Fsp3) is 0.583. The van der Waals surface area contributed by atoms with Gasteiger partial charge in [-0.2, -0.15) is 0 Å². The lowest BCUT2D eigenvalue weighted by Gasteiger charge is -2.37.